The lowest BCUT2D eigenvalue weighted by Gasteiger charge is -2.22. The molecule has 1 aromatic heterocycles. The first kappa shape index (κ1) is 16.4. The minimum Gasteiger partial charge on any atom is -0.318 e. The average Bonchev–Trinajstić information content (AvgIpc) is 2.40. The van der Waals surface area contributed by atoms with Crippen molar-refractivity contribution in [3.05, 3.63) is 58.1 Å². The van der Waals surface area contributed by atoms with Crippen LogP contribution in [0.1, 0.15) is 42.4 Å². The summed E-state index contributed by atoms with van der Waals surface area (Å²) in [6, 6.07) is 6.23. The molecule has 0 atom stereocenters. The molecule has 2 rings (SSSR count). The summed E-state index contributed by atoms with van der Waals surface area (Å²) in [6.07, 6.45) is 1.54. The zero-order chi connectivity index (χ0) is 16.5. The number of nitrogens with zero attached hydrogens (tertiary/aromatic N) is 1. The van der Waals surface area contributed by atoms with E-state index in [4.69, 9.17) is 11.6 Å². The van der Waals surface area contributed by atoms with Crippen LogP contribution in [0, 0.1) is 12.7 Å². The monoisotopic (exact) mass is 320 g/mol. The third kappa shape index (κ3) is 3.63. The number of amides is 1. The minimum atomic E-state index is -0.570. The Morgan fingerprint density at radius 2 is 1.95 bits per heavy atom. The van der Waals surface area contributed by atoms with Gasteiger partial charge >= 0.3 is 0 Å². The lowest BCUT2D eigenvalue weighted by Crippen LogP contribution is -2.17. The van der Waals surface area contributed by atoms with E-state index in [1.54, 1.807) is 24.4 Å². The van der Waals surface area contributed by atoms with E-state index >= 15 is 0 Å². The van der Waals surface area contributed by atoms with Crippen LogP contribution >= 0.6 is 11.6 Å². The highest BCUT2D eigenvalue weighted by atomic mass is 35.5. The van der Waals surface area contributed by atoms with Crippen molar-refractivity contribution in [2.75, 3.05) is 5.32 Å². The molecule has 0 saturated heterocycles. The Hall–Kier alpha value is -1.94. The number of hydrogen-bond donors (Lipinski definition) is 1. The Kier molecular flexibility index (Phi) is 4.52. The van der Waals surface area contributed by atoms with Gasteiger partial charge in [0.1, 0.15) is 11.5 Å². The van der Waals surface area contributed by atoms with Gasteiger partial charge in [0, 0.05) is 11.2 Å². The first-order valence-corrected chi connectivity index (χ1v) is 7.30. The van der Waals surface area contributed by atoms with Crippen molar-refractivity contribution in [1.29, 1.82) is 0 Å². The molecule has 5 heteroatoms. The number of carbonyl (C=O) groups is 1. The summed E-state index contributed by atoms with van der Waals surface area (Å²) in [5.74, 6) is -1.02. The molecular formula is C17H18ClFN2O. The fourth-order valence-corrected chi connectivity index (χ4v) is 2.50. The maximum absolute atomic E-state index is 14.1. The predicted octanol–water partition coefficient (Wildman–Crippen LogP) is 4.73. The van der Waals surface area contributed by atoms with Crippen LogP contribution in [0.4, 0.5) is 10.1 Å². The maximum atomic E-state index is 14.1. The van der Waals surface area contributed by atoms with Gasteiger partial charge in [-0.2, -0.15) is 0 Å². The number of pyridine rings is 1. The van der Waals surface area contributed by atoms with E-state index in [2.05, 4.69) is 10.3 Å². The van der Waals surface area contributed by atoms with Crippen molar-refractivity contribution in [3.8, 4) is 0 Å². The van der Waals surface area contributed by atoms with E-state index in [-0.39, 0.29) is 16.8 Å². The molecule has 1 heterocycles. The molecule has 22 heavy (non-hydrogen) atoms. The molecule has 1 amide bonds. The highest BCUT2D eigenvalue weighted by Crippen LogP contribution is 2.33. The standard InChI is InChI=1S/C17H18ClFN2O/c1-10-5-6-20-15(7-10)16(22)21-14-8-11(17(2,3)4)12(18)9-13(14)19/h5-9H,1-4H3,(H,21,22). The normalized spacial score (nSPS) is 11.4. The number of aromatic nitrogens is 1. The number of nitrogens with one attached hydrogen (secondary N) is 1. The molecule has 1 N–H and O–H groups in total. The summed E-state index contributed by atoms with van der Waals surface area (Å²) in [5.41, 5.74) is 1.76. The summed E-state index contributed by atoms with van der Waals surface area (Å²) in [4.78, 5) is 16.2. The number of halogens is 2. The second-order valence-corrected chi connectivity index (χ2v) is 6.64. The Bertz CT molecular complexity index is 723. The maximum Gasteiger partial charge on any atom is 0.274 e. The van der Waals surface area contributed by atoms with Crippen LogP contribution in [0.15, 0.2) is 30.5 Å². The van der Waals surface area contributed by atoms with Gasteiger partial charge in [0.05, 0.1) is 5.69 Å². The molecule has 0 spiro atoms. The summed E-state index contributed by atoms with van der Waals surface area (Å²) < 4.78 is 14.1. The Labute approximate surface area is 134 Å². The highest BCUT2D eigenvalue weighted by molar-refractivity contribution is 6.31. The summed E-state index contributed by atoms with van der Waals surface area (Å²) in [6.45, 7) is 7.78. The van der Waals surface area contributed by atoms with Gasteiger partial charge in [-0.05, 0) is 47.7 Å². The molecule has 0 unspecified atom stereocenters. The van der Waals surface area contributed by atoms with Crippen molar-refractivity contribution in [3.63, 3.8) is 0 Å². The van der Waals surface area contributed by atoms with Crippen LogP contribution in [-0.4, -0.2) is 10.9 Å². The zero-order valence-corrected chi connectivity index (χ0v) is 13.8. The highest BCUT2D eigenvalue weighted by Gasteiger charge is 2.21. The second-order valence-electron chi connectivity index (χ2n) is 6.23. The number of hydrogen-bond acceptors (Lipinski definition) is 2. The topological polar surface area (TPSA) is 42.0 Å². The molecule has 0 aliphatic heterocycles. The number of rotatable bonds is 2. The Balaban J connectivity index is 2.35. The number of aryl methyl sites for hydroxylation is 1. The van der Waals surface area contributed by atoms with Crippen molar-refractivity contribution in [1.82, 2.24) is 4.98 Å². The van der Waals surface area contributed by atoms with Gasteiger partial charge in [0.15, 0.2) is 0 Å². The lowest BCUT2D eigenvalue weighted by atomic mass is 9.86. The van der Waals surface area contributed by atoms with E-state index in [0.29, 0.717) is 5.02 Å². The predicted molar refractivity (Wildman–Crippen MR) is 87.0 cm³/mol. The van der Waals surface area contributed by atoms with Crippen LogP contribution in [-0.2, 0) is 5.41 Å². The number of carbonyl (C=O) groups excluding carboxylic acids is 1. The first-order chi connectivity index (χ1) is 10.2. The molecule has 0 aliphatic carbocycles. The zero-order valence-electron chi connectivity index (χ0n) is 13.0. The van der Waals surface area contributed by atoms with E-state index in [9.17, 15) is 9.18 Å². The average molecular weight is 321 g/mol. The molecule has 2 aromatic rings. The van der Waals surface area contributed by atoms with Crippen molar-refractivity contribution >= 4 is 23.2 Å². The molecular weight excluding hydrogens is 303 g/mol. The lowest BCUT2D eigenvalue weighted by molar-refractivity contribution is 0.102. The van der Waals surface area contributed by atoms with Crippen LogP contribution in [0.5, 0.6) is 0 Å². The SMILES string of the molecule is Cc1ccnc(C(=O)Nc2cc(C(C)(C)C)c(Cl)cc2F)c1. The van der Waals surface area contributed by atoms with Crippen LogP contribution in [0.2, 0.25) is 5.02 Å². The third-order valence-electron chi connectivity index (χ3n) is 3.26. The van der Waals surface area contributed by atoms with Crippen LogP contribution in [0.25, 0.3) is 0 Å². The molecule has 1 aromatic carbocycles. The third-order valence-corrected chi connectivity index (χ3v) is 3.57. The minimum absolute atomic E-state index is 0.0997. The molecule has 0 saturated carbocycles. The Morgan fingerprint density at radius 1 is 1.27 bits per heavy atom. The van der Waals surface area contributed by atoms with Gasteiger partial charge in [-0.1, -0.05) is 32.4 Å². The van der Waals surface area contributed by atoms with Gasteiger partial charge in [-0.15, -0.1) is 0 Å². The molecule has 0 radical (unpaired) electrons. The van der Waals surface area contributed by atoms with Gasteiger partial charge in [-0.25, -0.2) is 4.39 Å². The van der Waals surface area contributed by atoms with Gasteiger partial charge in [0.2, 0.25) is 0 Å². The smallest absolute Gasteiger partial charge is 0.274 e. The van der Waals surface area contributed by atoms with Gasteiger partial charge in [0.25, 0.3) is 5.91 Å². The van der Waals surface area contributed by atoms with Crippen LogP contribution in [0.3, 0.4) is 0 Å². The molecule has 3 nitrogen and oxygen atoms in total. The fraction of sp³-hybridized carbons (Fsp3) is 0.294. The summed E-state index contributed by atoms with van der Waals surface area (Å²) in [7, 11) is 0. The number of anilines is 1. The molecule has 116 valence electrons. The van der Waals surface area contributed by atoms with Crippen molar-refractivity contribution in [2.24, 2.45) is 0 Å². The van der Waals surface area contributed by atoms with E-state index in [1.165, 1.54) is 6.07 Å². The molecule has 0 fully saturated rings. The molecule has 0 aliphatic rings. The van der Waals surface area contributed by atoms with E-state index in [1.807, 2.05) is 27.7 Å². The number of benzene rings is 1. The second kappa shape index (κ2) is 6.05. The van der Waals surface area contributed by atoms with Crippen molar-refractivity contribution in [2.45, 2.75) is 33.1 Å². The molecule has 0 bridgehead atoms. The Morgan fingerprint density at radius 3 is 2.55 bits per heavy atom. The van der Waals surface area contributed by atoms with Gasteiger partial charge < -0.3 is 5.32 Å². The largest absolute Gasteiger partial charge is 0.318 e. The van der Waals surface area contributed by atoms with E-state index in [0.717, 1.165) is 11.1 Å². The van der Waals surface area contributed by atoms with E-state index < -0.39 is 11.7 Å². The summed E-state index contributed by atoms with van der Waals surface area (Å²) in [5, 5.41) is 2.90. The summed E-state index contributed by atoms with van der Waals surface area (Å²) >= 11 is 6.10. The first-order valence-electron chi connectivity index (χ1n) is 6.92. The van der Waals surface area contributed by atoms with Crippen molar-refractivity contribution < 1.29 is 9.18 Å². The van der Waals surface area contributed by atoms with Gasteiger partial charge in [-0.3, -0.25) is 9.78 Å². The fourth-order valence-electron chi connectivity index (χ4n) is 2.07. The van der Waals surface area contributed by atoms with Crippen LogP contribution < -0.4 is 5.32 Å². The quantitative estimate of drug-likeness (QED) is 0.869.